The topological polar surface area (TPSA) is 62.3 Å². The molecular weight excluding hydrogens is 230 g/mol. The minimum absolute atomic E-state index is 0.0782. The minimum Gasteiger partial charge on any atom is -0.493 e. The lowest BCUT2D eigenvalue weighted by atomic mass is 10.00. The van der Waals surface area contributed by atoms with Crippen LogP contribution in [-0.2, 0) is 11.3 Å². The molecule has 0 bridgehead atoms. The third kappa shape index (κ3) is 2.84. The van der Waals surface area contributed by atoms with Crippen LogP contribution in [0.15, 0.2) is 6.20 Å². The maximum atomic E-state index is 6.30. The highest BCUT2D eigenvalue weighted by molar-refractivity contribution is 5.28. The third-order valence-electron chi connectivity index (χ3n) is 3.51. The van der Waals surface area contributed by atoms with Crippen molar-refractivity contribution in [3.8, 4) is 5.75 Å². The molecule has 18 heavy (non-hydrogen) atoms. The van der Waals surface area contributed by atoms with Crippen LogP contribution < -0.4 is 10.5 Å². The molecular formula is C13H23N3O2. The van der Waals surface area contributed by atoms with E-state index in [0.717, 1.165) is 37.4 Å². The van der Waals surface area contributed by atoms with Gasteiger partial charge in [0.15, 0.2) is 5.75 Å². The van der Waals surface area contributed by atoms with Crippen molar-refractivity contribution in [3.05, 3.63) is 11.9 Å². The van der Waals surface area contributed by atoms with Crippen molar-refractivity contribution < 1.29 is 9.47 Å². The van der Waals surface area contributed by atoms with Crippen molar-refractivity contribution >= 4 is 0 Å². The quantitative estimate of drug-likeness (QED) is 0.870. The van der Waals surface area contributed by atoms with Gasteiger partial charge in [-0.25, -0.2) is 0 Å². The summed E-state index contributed by atoms with van der Waals surface area (Å²) in [6.45, 7) is 3.72. The molecule has 1 aliphatic heterocycles. The zero-order chi connectivity index (χ0) is 13.0. The molecule has 2 unspecified atom stereocenters. The molecule has 0 spiro atoms. The molecule has 0 amide bonds. The van der Waals surface area contributed by atoms with E-state index in [1.165, 1.54) is 12.8 Å². The largest absolute Gasteiger partial charge is 0.493 e. The van der Waals surface area contributed by atoms with Gasteiger partial charge in [-0.2, -0.15) is 5.10 Å². The minimum atomic E-state index is -0.0782. The van der Waals surface area contributed by atoms with E-state index in [1.807, 2.05) is 4.68 Å². The van der Waals surface area contributed by atoms with E-state index in [1.54, 1.807) is 13.3 Å². The first kappa shape index (κ1) is 13.4. The van der Waals surface area contributed by atoms with E-state index in [2.05, 4.69) is 12.0 Å². The van der Waals surface area contributed by atoms with Gasteiger partial charge in [-0.15, -0.1) is 0 Å². The molecule has 0 saturated carbocycles. The Kier molecular flexibility index (Phi) is 4.60. The molecule has 2 atom stereocenters. The molecule has 1 aromatic rings. The summed E-state index contributed by atoms with van der Waals surface area (Å²) in [5.41, 5.74) is 7.28. The van der Waals surface area contributed by atoms with Crippen LogP contribution in [0.5, 0.6) is 5.75 Å². The molecule has 0 aromatic carbocycles. The van der Waals surface area contributed by atoms with Gasteiger partial charge in [0.25, 0.3) is 0 Å². The molecule has 1 aliphatic rings. The molecule has 2 N–H and O–H groups in total. The van der Waals surface area contributed by atoms with Gasteiger partial charge in [-0.3, -0.25) is 4.68 Å². The molecule has 5 heteroatoms. The van der Waals surface area contributed by atoms with E-state index >= 15 is 0 Å². The summed E-state index contributed by atoms with van der Waals surface area (Å²) in [6.07, 6.45) is 6.36. The molecule has 1 saturated heterocycles. The van der Waals surface area contributed by atoms with Crippen molar-refractivity contribution in [3.63, 3.8) is 0 Å². The second-order valence-corrected chi connectivity index (χ2v) is 4.74. The average molecular weight is 253 g/mol. The van der Waals surface area contributed by atoms with E-state index < -0.39 is 0 Å². The Labute approximate surface area is 108 Å². The van der Waals surface area contributed by atoms with E-state index in [0.29, 0.717) is 0 Å². The fourth-order valence-corrected chi connectivity index (χ4v) is 2.55. The molecule has 2 heterocycles. The van der Waals surface area contributed by atoms with Crippen molar-refractivity contribution in [2.24, 2.45) is 5.73 Å². The molecule has 2 rings (SSSR count). The lowest BCUT2D eigenvalue weighted by Gasteiger charge is -2.25. The second-order valence-electron chi connectivity index (χ2n) is 4.74. The predicted octanol–water partition coefficient (Wildman–Crippen LogP) is 1.87. The number of rotatable bonds is 5. The number of hydrogen-bond acceptors (Lipinski definition) is 4. The first-order valence-corrected chi connectivity index (χ1v) is 6.73. The first-order valence-electron chi connectivity index (χ1n) is 6.73. The zero-order valence-electron chi connectivity index (χ0n) is 11.3. The van der Waals surface area contributed by atoms with E-state index in [9.17, 15) is 0 Å². The van der Waals surface area contributed by atoms with Crippen LogP contribution in [-0.4, -0.2) is 29.6 Å². The normalized spacial score (nSPS) is 21.8. The second kappa shape index (κ2) is 6.20. The summed E-state index contributed by atoms with van der Waals surface area (Å²) in [5.74, 6) is 0.778. The smallest absolute Gasteiger partial charge is 0.161 e. The van der Waals surface area contributed by atoms with Crippen LogP contribution in [0.1, 0.15) is 44.3 Å². The highest BCUT2D eigenvalue weighted by Crippen LogP contribution is 2.29. The Morgan fingerprint density at radius 1 is 1.61 bits per heavy atom. The molecule has 1 fully saturated rings. The Morgan fingerprint density at radius 2 is 2.44 bits per heavy atom. The average Bonchev–Trinajstić information content (AvgIpc) is 2.82. The van der Waals surface area contributed by atoms with Crippen molar-refractivity contribution in [1.82, 2.24) is 9.78 Å². The highest BCUT2D eigenvalue weighted by atomic mass is 16.5. The maximum absolute atomic E-state index is 6.30. The summed E-state index contributed by atoms with van der Waals surface area (Å²) in [4.78, 5) is 0. The molecule has 5 nitrogen and oxygen atoms in total. The van der Waals surface area contributed by atoms with Crippen molar-refractivity contribution in [2.45, 2.75) is 51.3 Å². The van der Waals surface area contributed by atoms with Crippen LogP contribution in [0, 0.1) is 0 Å². The van der Waals surface area contributed by atoms with Gasteiger partial charge in [0, 0.05) is 13.2 Å². The van der Waals surface area contributed by atoms with Crippen LogP contribution in [0.3, 0.4) is 0 Å². The van der Waals surface area contributed by atoms with Gasteiger partial charge in [-0.1, -0.05) is 0 Å². The SMILES string of the molecule is CCn1ncc(OC)c1C(N)CC1CCCCO1. The lowest BCUT2D eigenvalue weighted by molar-refractivity contribution is 0.00676. The predicted molar refractivity (Wildman–Crippen MR) is 69.6 cm³/mol. The monoisotopic (exact) mass is 253 g/mol. The fourth-order valence-electron chi connectivity index (χ4n) is 2.55. The molecule has 0 radical (unpaired) electrons. The van der Waals surface area contributed by atoms with Gasteiger partial charge < -0.3 is 15.2 Å². The molecule has 102 valence electrons. The van der Waals surface area contributed by atoms with Crippen LogP contribution in [0.4, 0.5) is 0 Å². The Morgan fingerprint density at radius 3 is 3.06 bits per heavy atom. The zero-order valence-corrected chi connectivity index (χ0v) is 11.3. The van der Waals surface area contributed by atoms with E-state index in [4.69, 9.17) is 15.2 Å². The summed E-state index contributed by atoms with van der Waals surface area (Å²) < 4.78 is 13.0. The standard InChI is InChI=1S/C13H23N3O2/c1-3-16-13(12(17-2)9-15-16)11(14)8-10-6-4-5-7-18-10/h9-11H,3-8,14H2,1-2H3. The van der Waals surface area contributed by atoms with Gasteiger partial charge in [-0.05, 0) is 32.6 Å². The number of hydrogen-bond donors (Lipinski definition) is 1. The molecule has 1 aromatic heterocycles. The summed E-state index contributed by atoms with van der Waals surface area (Å²) in [7, 11) is 1.66. The third-order valence-corrected chi connectivity index (χ3v) is 3.51. The number of ether oxygens (including phenoxy) is 2. The van der Waals surface area contributed by atoms with Crippen LogP contribution in [0.25, 0.3) is 0 Å². The van der Waals surface area contributed by atoms with Crippen molar-refractivity contribution in [1.29, 1.82) is 0 Å². The Bertz CT molecular complexity index is 351. The van der Waals surface area contributed by atoms with Gasteiger partial charge >= 0.3 is 0 Å². The fraction of sp³-hybridized carbons (Fsp3) is 0.769. The van der Waals surface area contributed by atoms with Gasteiger partial charge in [0.2, 0.25) is 0 Å². The van der Waals surface area contributed by atoms with Gasteiger partial charge in [0.05, 0.1) is 31.1 Å². The summed E-state index contributed by atoms with van der Waals surface area (Å²) in [5, 5.41) is 4.29. The first-order chi connectivity index (χ1) is 8.76. The number of aromatic nitrogens is 2. The summed E-state index contributed by atoms with van der Waals surface area (Å²) in [6, 6.07) is -0.0782. The number of methoxy groups -OCH3 is 1. The Hall–Kier alpha value is -1.07. The maximum Gasteiger partial charge on any atom is 0.161 e. The summed E-state index contributed by atoms with van der Waals surface area (Å²) >= 11 is 0. The Balaban J connectivity index is 2.06. The van der Waals surface area contributed by atoms with Crippen molar-refractivity contribution in [2.75, 3.05) is 13.7 Å². The number of nitrogens with two attached hydrogens (primary N) is 1. The van der Waals surface area contributed by atoms with Crippen LogP contribution in [0.2, 0.25) is 0 Å². The van der Waals surface area contributed by atoms with E-state index in [-0.39, 0.29) is 12.1 Å². The number of aryl methyl sites for hydroxylation is 1. The van der Waals surface area contributed by atoms with Crippen LogP contribution >= 0.6 is 0 Å². The number of nitrogens with zero attached hydrogens (tertiary/aromatic N) is 2. The lowest BCUT2D eigenvalue weighted by Crippen LogP contribution is -2.26. The highest BCUT2D eigenvalue weighted by Gasteiger charge is 2.23. The molecule has 0 aliphatic carbocycles. The van der Waals surface area contributed by atoms with Gasteiger partial charge in [0.1, 0.15) is 0 Å².